The fraction of sp³-hybridized carbons (Fsp3) is 0.0769. The molecule has 2 aromatic heterocycles. The summed E-state index contributed by atoms with van der Waals surface area (Å²) in [7, 11) is 0. The van der Waals surface area contributed by atoms with E-state index < -0.39 is 4.92 Å². The molecule has 0 bridgehead atoms. The van der Waals surface area contributed by atoms with E-state index in [2.05, 4.69) is 10.1 Å². The molecule has 0 amide bonds. The molecule has 6 nitrogen and oxygen atoms in total. The molecule has 94 valence electrons. The predicted molar refractivity (Wildman–Crippen MR) is 69.7 cm³/mol. The smallest absolute Gasteiger partial charge is 0.267 e. The monoisotopic (exact) mass is 254 g/mol. The van der Waals surface area contributed by atoms with Gasteiger partial charge in [0.05, 0.1) is 17.0 Å². The molecule has 3 rings (SSSR count). The number of fused-ring (bicyclic) bond motifs is 1. The van der Waals surface area contributed by atoms with Crippen LogP contribution in [0.1, 0.15) is 5.56 Å². The second kappa shape index (κ2) is 4.49. The third-order valence-corrected chi connectivity index (χ3v) is 2.81. The molecule has 0 saturated heterocycles. The summed E-state index contributed by atoms with van der Waals surface area (Å²) in [4.78, 5) is 14.3. The normalized spacial score (nSPS) is 10.7. The highest BCUT2D eigenvalue weighted by Crippen LogP contribution is 2.19. The standard InChI is InChI=1S/C13H10N4O2/c18-17(19)12-3-4-13-11(6-12)9-16(15-13)8-10-2-1-5-14-7-10/h1-7,9H,8H2. The van der Waals surface area contributed by atoms with Crippen molar-refractivity contribution < 1.29 is 4.92 Å². The van der Waals surface area contributed by atoms with Gasteiger partial charge in [-0.2, -0.15) is 5.10 Å². The van der Waals surface area contributed by atoms with Gasteiger partial charge in [0.2, 0.25) is 0 Å². The lowest BCUT2D eigenvalue weighted by molar-refractivity contribution is -0.384. The summed E-state index contributed by atoms with van der Waals surface area (Å²) in [6.07, 6.45) is 5.29. The summed E-state index contributed by atoms with van der Waals surface area (Å²) in [5.41, 5.74) is 1.85. The van der Waals surface area contributed by atoms with Crippen molar-refractivity contribution in [3.8, 4) is 0 Å². The Bertz CT molecular complexity index is 737. The Morgan fingerprint density at radius 2 is 2.21 bits per heavy atom. The molecule has 19 heavy (non-hydrogen) atoms. The number of hydrogen-bond acceptors (Lipinski definition) is 4. The van der Waals surface area contributed by atoms with E-state index in [0.29, 0.717) is 6.54 Å². The molecule has 0 radical (unpaired) electrons. The average Bonchev–Trinajstić information content (AvgIpc) is 2.80. The molecule has 1 aromatic carbocycles. The van der Waals surface area contributed by atoms with E-state index in [4.69, 9.17) is 0 Å². The van der Waals surface area contributed by atoms with Crippen LogP contribution in [-0.2, 0) is 6.54 Å². The summed E-state index contributed by atoms with van der Waals surface area (Å²) in [6, 6.07) is 8.48. The van der Waals surface area contributed by atoms with Crippen LogP contribution in [0.4, 0.5) is 5.69 Å². The molecule has 0 atom stereocenters. The minimum Gasteiger partial charge on any atom is -0.267 e. The van der Waals surface area contributed by atoms with Crippen molar-refractivity contribution in [3.63, 3.8) is 0 Å². The first kappa shape index (κ1) is 11.3. The Morgan fingerprint density at radius 1 is 1.32 bits per heavy atom. The average molecular weight is 254 g/mol. The summed E-state index contributed by atoms with van der Waals surface area (Å²) >= 11 is 0. The highest BCUT2D eigenvalue weighted by Gasteiger charge is 2.08. The second-order valence-electron chi connectivity index (χ2n) is 4.19. The SMILES string of the molecule is O=[N+]([O-])c1ccc2nn(Cc3cccnc3)cc2c1. The highest BCUT2D eigenvalue weighted by atomic mass is 16.6. The number of non-ortho nitro benzene ring substituents is 1. The van der Waals surface area contributed by atoms with E-state index in [1.54, 1.807) is 29.3 Å². The van der Waals surface area contributed by atoms with Crippen LogP contribution in [0.15, 0.2) is 48.9 Å². The maximum atomic E-state index is 10.7. The van der Waals surface area contributed by atoms with Gasteiger partial charge in [0.25, 0.3) is 5.69 Å². The van der Waals surface area contributed by atoms with Gasteiger partial charge in [0.15, 0.2) is 0 Å². The van der Waals surface area contributed by atoms with Crippen molar-refractivity contribution >= 4 is 16.6 Å². The van der Waals surface area contributed by atoms with Crippen LogP contribution in [0.5, 0.6) is 0 Å². The summed E-state index contributed by atoms with van der Waals surface area (Å²) in [5.74, 6) is 0. The molecule has 0 N–H and O–H groups in total. The van der Waals surface area contributed by atoms with Crippen LogP contribution >= 0.6 is 0 Å². The molecule has 2 heterocycles. The molecule has 3 aromatic rings. The number of nitro groups is 1. The van der Waals surface area contributed by atoms with Gasteiger partial charge in [-0.3, -0.25) is 19.8 Å². The molecule has 0 spiro atoms. The van der Waals surface area contributed by atoms with Crippen molar-refractivity contribution in [2.24, 2.45) is 0 Å². The number of nitrogens with zero attached hydrogens (tertiary/aromatic N) is 4. The summed E-state index contributed by atoms with van der Waals surface area (Å²) in [5, 5.41) is 15.8. The lowest BCUT2D eigenvalue weighted by atomic mass is 10.2. The predicted octanol–water partition coefficient (Wildman–Crippen LogP) is 2.39. The van der Waals surface area contributed by atoms with Crippen LogP contribution in [0, 0.1) is 10.1 Å². The van der Waals surface area contributed by atoms with Crippen molar-refractivity contribution in [3.05, 3.63) is 64.6 Å². The van der Waals surface area contributed by atoms with E-state index in [0.717, 1.165) is 16.5 Å². The Morgan fingerprint density at radius 3 is 2.95 bits per heavy atom. The number of nitro benzene ring substituents is 1. The van der Waals surface area contributed by atoms with Gasteiger partial charge in [0, 0.05) is 36.1 Å². The molecule has 0 aliphatic heterocycles. The van der Waals surface area contributed by atoms with Crippen molar-refractivity contribution in [2.45, 2.75) is 6.54 Å². The number of benzene rings is 1. The summed E-state index contributed by atoms with van der Waals surface area (Å²) in [6.45, 7) is 0.594. The molecule has 6 heteroatoms. The van der Waals surface area contributed by atoms with Crippen LogP contribution in [0.25, 0.3) is 10.9 Å². The van der Waals surface area contributed by atoms with Crippen LogP contribution in [-0.4, -0.2) is 19.7 Å². The Labute approximate surface area is 108 Å². The van der Waals surface area contributed by atoms with E-state index in [9.17, 15) is 10.1 Å². The van der Waals surface area contributed by atoms with Crippen molar-refractivity contribution in [1.82, 2.24) is 14.8 Å². The molecule has 0 fully saturated rings. The van der Waals surface area contributed by atoms with E-state index in [1.807, 2.05) is 12.1 Å². The molecular weight excluding hydrogens is 244 g/mol. The zero-order chi connectivity index (χ0) is 13.2. The molecule has 0 unspecified atom stereocenters. The quantitative estimate of drug-likeness (QED) is 0.531. The van der Waals surface area contributed by atoms with Gasteiger partial charge in [-0.1, -0.05) is 6.07 Å². The maximum absolute atomic E-state index is 10.7. The number of pyridine rings is 1. The van der Waals surface area contributed by atoms with Crippen molar-refractivity contribution in [2.75, 3.05) is 0 Å². The number of aromatic nitrogens is 3. The largest absolute Gasteiger partial charge is 0.270 e. The Hall–Kier alpha value is -2.76. The molecule has 0 saturated carbocycles. The molecule has 0 aliphatic carbocycles. The lowest BCUT2D eigenvalue weighted by Crippen LogP contribution is -1.99. The minimum atomic E-state index is -0.405. The van der Waals surface area contributed by atoms with Crippen LogP contribution in [0.3, 0.4) is 0 Å². The lowest BCUT2D eigenvalue weighted by Gasteiger charge is -1.99. The number of rotatable bonds is 3. The first-order chi connectivity index (χ1) is 9.22. The fourth-order valence-corrected chi connectivity index (χ4v) is 1.94. The van der Waals surface area contributed by atoms with Crippen LogP contribution in [0.2, 0.25) is 0 Å². The van der Waals surface area contributed by atoms with Crippen LogP contribution < -0.4 is 0 Å². The maximum Gasteiger partial charge on any atom is 0.270 e. The topological polar surface area (TPSA) is 73.8 Å². The van der Waals surface area contributed by atoms with Gasteiger partial charge >= 0.3 is 0 Å². The van der Waals surface area contributed by atoms with E-state index >= 15 is 0 Å². The van der Waals surface area contributed by atoms with E-state index in [1.165, 1.54) is 12.1 Å². The Kier molecular flexibility index (Phi) is 2.68. The minimum absolute atomic E-state index is 0.0772. The number of hydrogen-bond donors (Lipinski definition) is 0. The van der Waals surface area contributed by atoms with Gasteiger partial charge in [-0.05, 0) is 17.7 Å². The Balaban J connectivity index is 1.95. The third-order valence-electron chi connectivity index (χ3n) is 2.81. The first-order valence-corrected chi connectivity index (χ1v) is 5.73. The van der Waals surface area contributed by atoms with E-state index in [-0.39, 0.29) is 5.69 Å². The van der Waals surface area contributed by atoms with Gasteiger partial charge < -0.3 is 0 Å². The zero-order valence-corrected chi connectivity index (χ0v) is 9.93. The molecule has 0 aliphatic rings. The van der Waals surface area contributed by atoms with Crippen molar-refractivity contribution in [1.29, 1.82) is 0 Å². The summed E-state index contributed by atoms with van der Waals surface area (Å²) < 4.78 is 1.76. The van der Waals surface area contributed by atoms with Gasteiger partial charge in [-0.15, -0.1) is 0 Å². The zero-order valence-electron chi connectivity index (χ0n) is 9.93. The highest BCUT2D eigenvalue weighted by molar-refractivity contribution is 5.80. The fourth-order valence-electron chi connectivity index (χ4n) is 1.94. The second-order valence-corrected chi connectivity index (χ2v) is 4.19. The third kappa shape index (κ3) is 2.28. The van der Waals surface area contributed by atoms with Gasteiger partial charge in [-0.25, -0.2) is 0 Å². The first-order valence-electron chi connectivity index (χ1n) is 5.73. The van der Waals surface area contributed by atoms with Gasteiger partial charge in [0.1, 0.15) is 0 Å². The molecular formula is C13H10N4O2.